The van der Waals surface area contributed by atoms with Gasteiger partial charge in [0.05, 0.1) is 0 Å². The van der Waals surface area contributed by atoms with Gasteiger partial charge in [0, 0.05) is 17.1 Å². The molecule has 20 heavy (non-hydrogen) atoms. The fourth-order valence-corrected chi connectivity index (χ4v) is 2.27. The van der Waals surface area contributed by atoms with Crippen molar-refractivity contribution in [3.63, 3.8) is 0 Å². The lowest BCUT2D eigenvalue weighted by Crippen LogP contribution is -2.04. The molecular weight excluding hydrogens is 290 g/mol. The number of hydrogen-bond donors (Lipinski definition) is 1. The number of hydrogen-bond acceptors (Lipinski definition) is 2. The van der Waals surface area contributed by atoms with Crippen LogP contribution in [0.25, 0.3) is 0 Å². The Hall–Kier alpha value is -1.69. The topological polar surface area (TPSA) is 12.0 Å². The van der Waals surface area contributed by atoms with Crippen molar-refractivity contribution in [2.24, 2.45) is 0 Å². The number of anilines is 1. The molecule has 6 heteroatoms. The molecule has 0 heterocycles. The summed E-state index contributed by atoms with van der Waals surface area (Å²) >= 11 is -0.158. The van der Waals surface area contributed by atoms with E-state index >= 15 is 0 Å². The van der Waals surface area contributed by atoms with Crippen LogP contribution < -0.4 is 5.32 Å². The van der Waals surface area contributed by atoms with E-state index in [2.05, 4.69) is 5.32 Å². The van der Waals surface area contributed by atoms with Crippen LogP contribution in [0.2, 0.25) is 0 Å². The molecule has 0 spiro atoms. The molecule has 0 amide bonds. The summed E-state index contributed by atoms with van der Waals surface area (Å²) in [6.45, 7) is 0.329. The molecule has 0 atom stereocenters. The van der Waals surface area contributed by atoms with Crippen LogP contribution in [0.4, 0.5) is 23.2 Å². The number of nitrogens with one attached hydrogen (secondary N) is 1. The van der Waals surface area contributed by atoms with E-state index in [1.165, 1.54) is 18.2 Å². The Kier molecular flexibility index (Phi) is 4.54. The first kappa shape index (κ1) is 14.7. The van der Waals surface area contributed by atoms with Crippen molar-refractivity contribution in [1.29, 1.82) is 0 Å². The number of para-hydroxylation sites is 1. The van der Waals surface area contributed by atoms with E-state index in [4.69, 9.17) is 0 Å². The van der Waals surface area contributed by atoms with Crippen molar-refractivity contribution in [2.75, 3.05) is 5.32 Å². The van der Waals surface area contributed by atoms with E-state index in [-0.39, 0.29) is 22.5 Å². The van der Waals surface area contributed by atoms with Crippen LogP contribution in [-0.2, 0) is 6.54 Å². The Bertz CT molecular complexity index is 566. The molecule has 0 saturated heterocycles. The Labute approximate surface area is 118 Å². The summed E-state index contributed by atoms with van der Waals surface area (Å²) in [5.74, 6) is -0.346. The summed E-state index contributed by atoms with van der Waals surface area (Å²) in [6.07, 6.45) is 0. The molecule has 0 saturated carbocycles. The van der Waals surface area contributed by atoms with Gasteiger partial charge in [0.25, 0.3) is 0 Å². The van der Waals surface area contributed by atoms with Gasteiger partial charge < -0.3 is 5.32 Å². The molecule has 0 fully saturated rings. The minimum Gasteiger partial charge on any atom is -0.380 e. The largest absolute Gasteiger partial charge is 0.446 e. The van der Waals surface area contributed by atoms with E-state index in [0.29, 0.717) is 12.2 Å². The van der Waals surface area contributed by atoms with Crippen molar-refractivity contribution in [3.8, 4) is 0 Å². The number of halogens is 4. The second-order valence-corrected chi connectivity index (χ2v) is 5.13. The highest BCUT2D eigenvalue weighted by atomic mass is 32.2. The Morgan fingerprint density at radius 3 is 2.25 bits per heavy atom. The van der Waals surface area contributed by atoms with Crippen molar-refractivity contribution in [1.82, 2.24) is 0 Å². The molecule has 0 unspecified atom stereocenters. The lowest BCUT2D eigenvalue weighted by molar-refractivity contribution is -0.0327. The van der Waals surface area contributed by atoms with E-state index in [1.54, 1.807) is 30.3 Å². The quantitative estimate of drug-likeness (QED) is 0.626. The number of benzene rings is 2. The monoisotopic (exact) mass is 301 g/mol. The zero-order chi connectivity index (χ0) is 14.6. The summed E-state index contributed by atoms with van der Waals surface area (Å²) in [6, 6.07) is 12.0. The molecule has 106 valence electrons. The third-order valence-corrected chi connectivity index (χ3v) is 3.32. The third-order valence-electron chi connectivity index (χ3n) is 2.51. The number of alkyl halides is 3. The average Bonchev–Trinajstić information content (AvgIpc) is 2.38. The number of rotatable bonds is 4. The molecular formula is C14H11F4NS. The van der Waals surface area contributed by atoms with Crippen LogP contribution in [0.1, 0.15) is 5.56 Å². The van der Waals surface area contributed by atoms with Crippen LogP contribution >= 0.6 is 11.8 Å². The highest BCUT2D eigenvalue weighted by Crippen LogP contribution is 2.40. The van der Waals surface area contributed by atoms with Crippen molar-refractivity contribution in [2.45, 2.75) is 16.9 Å². The van der Waals surface area contributed by atoms with Gasteiger partial charge in [-0.1, -0.05) is 24.3 Å². The molecule has 0 radical (unpaired) electrons. The zero-order valence-electron chi connectivity index (χ0n) is 10.2. The Balaban J connectivity index is 2.07. The first-order valence-electron chi connectivity index (χ1n) is 5.77. The summed E-state index contributed by atoms with van der Waals surface area (Å²) < 4.78 is 50.0. The number of thioether (sulfide) groups is 1. The predicted octanol–water partition coefficient (Wildman–Crippen LogP) is 5.05. The van der Waals surface area contributed by atoms with Gasteiger partial charge in [-0.3, -0.25) is 0 Å². The molecule has 0 aromatic heterocycles. The highest BCUT2D eigenvalue weighted by molar-refractivity contribution is 8.00. The molecule has 1 nitrogen and oxygen atoms in total. The molecule has 1 N–H and O–H groups in total. The van der Waals surface area contributed by atoms with Crippen LogP contribution in [0.5, 0.6) is 0 Å². The fourth-order valence-electron chi connectivity index (χ4n) is 1.63. The van der Waals surface area contributed by atoms with Gasteiger partial charge in [0.2, 0.25) is 0 Å². The van der Waals surface area contributed by atoms with Gasteiger partial charge in [0.15, 0.2) is 0 Å². The Morgan fingerprint density at radius 1 is 0.950 bits per heavy atom. The Morgan fingerprint density at radius 2 is 1.60 bits per heavy atom. The highest BCUT2D eigenvalue weighted by Gasteiger charge is 2.30. The summed E-state index contributed by atoms with van der Waals surface area (Å²) in [5, 5.41) is 2.93. The van der Waals surface area contributed by atoms with Gasteiger partial charge >= 0.3 is 5.51 Å². The minimum atomic E-state index is -4.33. The minimum absolute atomic E-state index is 0.113. The van der Waals surface area contributed by atoms with E-state index in [1.807, 2.05) is 0 Å². The van der Waals surface area contributed by atoms with E-state index in [0.717, 1.165) is 5.56 Å². The van der Waals surface area contributed by atoms with Gasteiger partial charge in [0.1, 0.15) is 5.82 Å². The SMILES string of the molecule is Fc1ccc(CNc2ccccc2SC(F)(F)F)cc1. The first-order chi connectivity index (χ1) is 9.44. The molecule has 0 aliphatic carbocycles. The normalized spacial score (nSPS) is 11.4. The lowest BCUT2D eigenvalue weighted by atomic mass is 10.2. The molecule has 0 bridgehead atoms. The maximum atomic E-state index is 12.8. The molecule has 0 aliphatic rings. The fraction of sp³-hybridized carbons (Fsp3) is 0.143. The van der Waals surface area contributed by atoms with Gasteiger partial charge in [-0.2, -0.15) is 13.2 Å². The summed E-state index contributed by atoms with van der Waals surface area (Å²) in [5.41, 5.74) is -3.13. The summed E-state index contributed by atoms with van der Waals surface area (Å²) in [4.78, 5) is 0.113. The van der Waals surface area contributed by atoms with Gasteiger partial charge in [-0.15, -0.1) is 0 Å². The standard InChI is InChI=1S/C14H11F4NS/c15-11-7-5-10(6-8-11)9-19-12-3-1-2-4-13(12)20-14(16,17)18/h1-8,19H,9H2. The van der Waals surface area contributed by atoms with Crippen LogP contribution in [0.3, 0.4) is 0 Å². The van der Waals surface area contributed by atoms with Crippen molar-refractivity contribution >= 4 is 17.4 Å². The predicted molar refractivity (Wildman–Crippen MR) is 72.1 cm³/mol. The first-order valence-corrected chi connectivity index (χ1v) is 6.59. The maximum absolute atomic E-state index is 12.8. The summed E-state index contributed by atoms with van der Waals surface area (Å²) in [7, 11) is 0. The van der Waals surface area contributed by atoms with Gasteiger partial charge in [-0.05, 0) is 41.6 Å². The molecule has 2 aromatic carbocycles. The second kappa shape index (κ2) is 6.17. The zero-order valence-corrected chi connectivity index (χ0v) is 11.1. The molecule has 0 aliphatic heterocycles. The van der Waals surface area contributed by atoms with Crippen LogP contribution in [0.15, 0.2) is 53.4 Å². The van der Waals surface area contributed by atoms with Crippen LogP contribution in [-0.4, -0.2) is 5.51 Å². The smallest absolute Gasteiger partial charge is 0.380 e. The average molecular weight is 301 g/mol. The maximum Gasteiger partial charge on any atom is 0.446 e. The van der Waals surface area contributed by atoms with Crippen molar-refractivity contribution in [3.05, 3.63) is 59.9 Å². The van der Waals surface area contributed by atoms with Crippen LogP contribution in [0, 0.1) is 5.82 Å². The van der Waals surface area contributed by atoms with Gasteiger partial charge in [-0.25, -0.2) is 4.39 Å². The second-order valence-electron chi connectivity index (χ2n) is 4.02. The lowest BCUT2D eigenvalue weighted by Gasteiger charge is -2.13. The molecule has 2 aromatic rings. The van der Waals surface area contributed by atoms with E-state index in [9.17, 15) is 17.6 Å². The van der Waals surface area contributed by atoms with E-state index < -0.39 is 5.51 Å². The van der Waals surface area contributed by atoms with Crippen molar-refractivity contribution < 1.29 is 17.6 Å². The third kappa shape index (κ3) is 4.45. The molecule has 2 rings (SSSR count).